The van der Waals surface area contributed by atoms with Crippen molar-refractivity contribution in [1.29, 1.82) is 0 Å². The van der Waals surface area contributed by atoms with E-state index in [0.29, 0.717) is 11.1 Å². The largest absolute Gasteiger partial charge is 0.465 e. The molecule has 2 heterocycles. The van der Waals surface area contributed by atoms with Gasteiger partial charge in [0.15, 0.2) is 0 Å². The third kappa shape index (κ3) is 2.46. The molecule has 4 rings (SSSR count). The van der Waals surface area contributed by atoms with Crippen molar-refractivity contribution in [3.8, 4) is 5.75 Å². The van der Waals surface area contributed by atoms with E-state index in [4.69, 9.17) is 9.15 Å². The Kier molecular flexibility index (Phi) is 3.58. The van der Waals surface area contributed by atoms with Crippen LogP contribution in [0.3, 0.4) is 0 Å². The summed E-state index contributed by atoms with van der Waals surface area (Å²) >= 11 is 0. The van der Waals surface area contributed by atoms with Crippen LogP contribution in [0, 0.1) is 0 Å². The van der Waals surface area contributed by atoms with E-state index < -0.39 is 0 Å². The molecule has 0 fully saturated rings. The van der Waals surface area contributed by atoms with E-state index >= 15 is 0 Å². The van der Waals surface area contributed by atoms with E-state index in [9.17, 15) is 4.79 Å². The molecule has 0 amide bonds. The van der Waals surface area contributed by atoms with E-state index in [0.717, 1.165) is 35.4 Å². The molecule has 3 aromatic rings. The van der Waals surface area contributed by atoms with E-state index in [1.54, 1.807) is 6.26 Å². The first-order valence-corrected chi connectivity index (χ1v) is 7.92. The smallest absolute Gasteiger partial charge is 0.346 e. The van der Waals surface area contributed by atoms with Crippen molar-refractivity contribution in [3.63, 3.8) is 0 Å². The predicted octanol–water partition coefficient (Wildman–Crippen LogP) is 4.05. The van der Waals surface area contributed by atoms with Gasteiger partial charge in [-0.15, -0.1) is 0 Å². The minimum absolute atomic E-state index is 0.321. The van der Waals surface area contributed by atoms with Gasteiger partial charge in [-0.25, -0.2) is 4.79 Å². The van der Waals surface area contributed by atoms with Crippen LogP contribution in [0.25, 0.3) is 16.5 Å². The summed E-state index contributed by atoms with van der Waals surface area (Å²) in [5, 5.41) is 0.944. The maximum atomic E-state index is 12.6. The van der Waals surface area contributed by atoms with Gasteiger partial charge in [0.1, 0.15) is 11.3 Å². The van der Waals surface area contributed by atoms with Crippen LogP contribution in [0.1, 0.15) is 12.0 Å². The zero-order valence-corrected chi connectivity index (χ0v) is 13.4. The number of rotatable bonds is 2. The molecule has 0 atom stereocenters. The average Bonchev–Trinajstić information content (AvgIpc) is 2.62. The van der Waals surface area contributed by atoms with Crippen molar-refractivity contribution in [2.75, 3.05) is 18.5 Å². The number of benzene rings is 2. The summed E-state index contributed by atoms with van der Waals surface area (Å²) in [6.07, 6.45) is 2.41. The van der Waals surface area contributed by atoms with Crippen LogP contribution in [0.2, 0.25) is 0 Å². The lowest BCUT2D eigenvalue weighted by molar-refractivity contribution is 0.480. The molecule has 0 aliphatic carbocycles. The Morgan fingerprint density at radius 3 is 2.67 bits per heavy atom. The first-order valence-electron chi connectivity index (χ1n) is 7.92. The van der Waals surface area contributed by atoms with Crippen molar-refractivity contribution < 1.29 is 9.15 Å². The molecular weight excluding hydrogens is 302 g/mol. The molecule has 4 nitrogen and oxygen atoms in total. The highest BCUT2D eigenvalue weighted by atomic mass is 16.5. The Morgan fingerprint density at radius 1 is 1.08 bits per heavy atom. The molecular formula is C20H17NO3. The fourth-order valence-electron chi connectivity index (χ4n) is 3.09. The van der Waals surface area contributed by atoms with Crippen molar-refractivity contribution in [2.45, 2.75) is 6.42 Å². The molecule has 0 saturated heterocycles. The van der Waals surface area contributed by atoms with Crippen LogP contribution in [-0.4, -0.2) is 13.6 Å². The zero-order chi connectivity index (χ0) is 16.5. The van der Waals surface area contributed by atoms with Crippen molar-refractivity contribution in [2.24, 2.45) is 0 Å². The molecule has 1 aliphatic rings. The van der Waals surface area contributed by atoms with Crippen LogP contribution in [0.15, 0.2) is 70.1 Å². The molecule has 1 aliphatic heterocycles. The number of anilines is 1. The first kappa shape index (κ1) is 14.6. The second kappa shape index (κ2) is 5.89. The maximum Gasteiger partial charge on any atom is 0.346 e. The van der Waals surface area contributed by atoms with Crippen molar-refractivity contribution in [3.05, 3.63) is 76.8 Å². The van der Waals surface area contributed by atoms with Crippen molar-refractivity contribution in [1.82, 2.24) is 0 Å². The Balaban J connectivity index is 1.86. The second-order valence-corrected chi connectivity index (χ2v) is 5.85. The fraction of sp³-hybridized carbons (Fsp3) is 0.150. The van der Waals surface area contributed by atoms with Crippen LogP contribution in [-0.2, 0) is 0 Å². The van der Waals surface area contributed by atoms with Gasteiger partial charge in [-0.2, -0.15) is 0 Å². The minimum atomic E-state index is -0.321. The average molecular weight is 319 g/mol. The van der Waals surface area contributed by atoms with Gasteiger partial charge >= 0.3 is 5.63 Å². The molecule has 4 heteroatoms. The summed E-state index contributed by atoms with van der Waals surface area (Å²) in [7, 11) is 2.00. The second-order valence-electron chi connectivity index (χ2n) is 5.85. The molecule has 1 aromatic heterocycles. The van der Waals surface area contributed by atoms with E-state index in [2.05, 4.69) is 4.90 Å². The lowest BCUT2D eigenvalue weighted by atomic mass is 9.97. The summed E-state index contributed by atoms with van der Waals surface area (Å²) in [5.41, 5.74) is 2.66. The molecule has 0 spiro atoms. The topological polar surface area (TPSA) is 42.7 Å². The number of fused-ring (bicyclic) bond motifs is 3. The van der Waals surface area contributed by atoms with Crippen molar-refractivity contribution >= 4 is 22.2 Å². The quantitative estimate of drug-likeness (QED) is 0.528. The Bertz CT molecular complexity index is 973. The fourth-order valence-corrected chi connectivity index (χ4v) is 3.09. The number of nitrogens with zero attached hydrogens (tertiary/aromatic N) is 1. The molecule has 0 N–H and O–H groups in total. The van der Waals surface area contributed by atoms with Crippen LogP contribution >= 0.6 is 0 Å². The molecule has 0 radical (unpaired) electrons. The number of ether oxygens (including phenoxy) is 1. The number of para-hydroxylation sites is 2. The monoisotopic (exact) mass is 319 g/mol. The lowest BCUT2D eigenvalue weighted by Crippen LogP contribution is -2.28. The van der Waals surface area contributed by atoms with Crippen LogP contribution < -0.4 is 15.3 Å². The molecule has 24 heavy (non-hydrogen) atoms. The summed E-state index contributed by atoms with van der Waals surface area (Å²) in [6, 6.07) is 17.2. The standard InChI is InChI=1S/C20H17NO3/c1-21-12-11-14(13-23-15-7-3-2-4-8-15)18-19(21)16-9-5-6-10-17(16)24-20(18)22/h2-10,13H,11-12H2,1H3/b14-13-. The Labute approximate surface area is 139 Å². The van der Waals surface area contributed by atoms with Gasteiger partial charge in [0, 0.05) is 24.6 Å². The van der Waals surface area contributed by atoms with E-state index in [1.807, 2.05) is 61.6 Å². The molecule has 0 saturated carbocycles. The SMILES string of the molecule is CN1CC/C(=C/Oc2ccccc2)c2c1c1ccccc1oc2=O. The van der Waals surface area contributed by atoms with Gasteiger partial charge in [-0.1, -0.05) is 30.3 Å². The molecule has 0 bridgehead atoms. The summed E-state index contributed by atoms with van der Waals surface area (Å²) < 4.78 is 11.3. The predicted molar refractivity (Wildman–Crippen MR) is 95.4 cm³/mol. The number of hydrogen-bond donors (Lipinski definition) is 0. The maximum absolute atomic E-state index is 12.6. The van der Waals surface area contributed by atoms with Gasteiger partial charge in [0.25, 0.3) is 0 Å². The Morgan fingerprint density at radius 2 is 1.83 bits per heavy atom. The highest BCUT2D eigenvalue weighted by Gasteiger charge is 2.25. The third-order valence-electron chi connectivity index (χ3n) is 4.29. The summed E-state index contributed by atoms with van der Waals surface area (Å²) in [6.45, 7) is 0.824. The third-order valence-corrected chi connectivity index (χ3v) is 4.29. The molecule has 120 valence electrons. The van der Waals surface area contributed by atoms with Gasteiger partial charge in [0.2, 0.25) is 0 Å². The molecule has 2 aromatic carbocycles. The normalized spacial score (nSPS) is 15.5. The van der Waals surface area contributed by atoms with Gasteiger partial charge < -0.3 is 14.1 Å². The summed E-state index contributed by atoms with van der Waals surface area (Å²) in [5.74, 6) is 0.746. The first-order chi connectivity index (χ1) is 11.7. The van der Waals surface area contributed by atoms with Crippen LogP contribution in [0.5, 0.6) is 5.75 Å². The zero-order valence-electron chi connectivity index (χ0n) is 13.4. The highest BCUT2D eigenvalue weighted by molar-refractivity contribution is 5.97. The van der Waals surface area contributed by atoms with Gasteiger partial charge in [-0.05, 0) is 30.7 Å². The highest BCUT2D eigenvalue weighted by Crippen LogP contribution is 2.37. The minimum Gasteiger partial charge on any atom is -0.465 e. The van der Waals surface area contributed by atoms with Crippen LogP contribution in [0.4, 0.5) is 5.69 Å². The summed E-state index contributed by atoms with van der Waals surface area (Å²) in [4.78, 5) is 14.7. The molecule has 0 unspecified atom stereocenters. The lowest BCUT2D eigenvalue weighted by Gasteiger charge is -2.29. The van der Waals surface area contributed by atoms with E-state index in [1.165, 1.54) is 0 Å². The van der Waals surface area contributed by atoms with Gasteiger partial charge in [0.05, 0.1) is 17.5 Å². The van der Waals surface area contributed by atoms with Gasteiger partial charge in [-0.3, -0.25) is 0 Å². The Hall–Kier alpha value is -3.01. The van der Waals surface area contributed by atoms with E-state index in [-0.39, 0.29) is 5.63 Å². The number of hydrogen-bond acceptors (Lipinski definition) is 4.